The predicted molar refractivity (Wildman–Crippen MR) is 77.9 cm³/mol. The van der Waals surface area contributed by atoms with Crippen molar-refractivity contribution in [2.45, 2.75) is 32.4 Å². The second-order valence-corrected chi connectivity index (χ2v) is 5.39. The van der Waals surface area contributed by atoms with E-state index in [1.54, 1.807) is 30.8 Å². The summed E-state index contributed by atoms with van der Waals surface area (Å²) in [5, 5.41) is 9.76. The maximum atomic E-state index is 14.0. The smallest absolute Gasteiger partial charge is 0.146 e. The lowest BCUT2D eigenvalue weighted by Crippen LogP contribution is -2.34. The van der Waals surface area contributed by atoms with Crippen LogP contribution < -0.4 is 4.90 Å². The van der Waals surface area contributed by atoms with Crippen LogP contribution in [0.5, 0.6) is 0 Å². The number of para-hydroxylation sites is 1. The van der Waals surface area contributed by atoms with Gasteiger partial charge in [-0.2, -0.15) is 11.8 Å². The Balaban J connectivity index is 3.13. The molecule has 1 aromatic carbocycles. The number of anilines is 1. The molecule has 0 aliphatic rings. The summed E-state index contributed by atoms with van der Waals surface area (Å²) < 4.78 is 14.0. The Morgan fingerprint density at radius 3 is 2.61 bits per heavy atom. The van der Waals surface area contributed by atoms with E-state index in [1.807, 2.05) is 18.2 Å². The third-order valence-corrected chi connectivity index (χ3v) is 3.92. The first-order chi connectivity index (χ1) is 8.52. The molecule has 102 valence electrons. The SMILES string of the molecule is CCC(CSC)N(C)c1c(F)cccc1C(C)O. The molecule has 0 bridgehead atoms. The second kappa shape index (κ2) is 7.00. The number of hydrogen-bond donors (Lipinski definition) is 1. The van der Waals surface area contributed by atoms with Crippen LogP contribution in [0, 0.1) is 5.82 Å². The third-order valence-electron chi connectivity index (χ3n) is 3.20. The summed E-state index contributed by atoms with van der Waals surface area (Å²) in [7, 11) is 1.90. The van der Waals surface area contributed by atoms with Gasteiger partial charge in [0.2, 0.25) is 0 Å². The number of benzene rings is 1. The molecule has 0 spiro atoms. The lowest BCUT2D eigenvalue weighted by Gasteiger charge is -2.31. The number of thioether (sulfide) groups is 1. The monoisotopic (exact) mass is 271 g/mol. The quantitative estimate of drug-likeness (QED) is 0.857. The van der Waals surface area contributed by atoms with Gasteiger partial charge in [0.15, 0.2) is 0 Å². The van der Waals surface area contributed by atoms with E-state index < -0.39 is 6.10 Å². The number of halogens is 1. The highest BCUT2D eigenvalue weighted by Crippen LogP contribution is 2.30. The van der Waals surface area contributed by atoms with Crippen LogP contribution in [0.2, 0.25) is 0 Å². The molecule has 1 aromatic rings. The lowest BCUT2D eigenvalue weighted by atomic mass is 10.1. The van der Waals surface area contributed by atoms with Crippen molar-refractivity contribution in [2.75, 3.05) is 24.0 Å². The van der Waals surface area contributed by atoms with Crippen molar-refractivity contribution in [3.05, 3.63) is 29.6 Å². The average molecular weight is 271 g/mol. The molecule has 0 saturated carbocycles. The molecule has 0 saturated heterocycles. The summed E-state index contributed by atoms with van der Waals surface area (Å²) in [6.45, 7) is 3.77. The molecule has 4 heteroatoms. The molecule has 0 aliphatic carbocycles. The molecule has 0 heterocycles. The summed E-state index contributed by atoms with van der Waals surface area (Å²) in [6, 6.07) is 5.15. The zero-order chi connectivity index (χ0) is 13.7. The van der Waals surface area contributed by atoms with Crippen LogP contribution in [-0.2, 0) is 0 Å². The van der Waals surface area contributed by atoms with Crippen LogP contribution >= 0.6 is 11.8 Å². The molecule has 0 fully saturated rings. The minimum atomic E-state index is -0.662. The number of rotatable bonds is 6. The highest BCUT2D eigenvalue weighted by Gasteiger charge is 2.21. The molecule has 0 aromatic heterocycles. The van der Waals surface area contributed by atoms with Crippen LogP contribution in [0.1, 0.15) is 31.9 Å². The van der Waals surface area contributed by atoms with Gasteiger partial charge in [-0.05, 0) is 25.7 Å². The van der Waals surface area contributed by atoms with Gasteiger partial charge in [0, 0.05) is 24.4 Å². The number of aliphatic hydroxyl groups is 1. The first-order valence-corrected chi connectivity index (χ1v) is 7.60. The van der Waals surface area contributed by atoms with Gasteiger partial charge in [-0.15, -0.1) is 0 Å². The van der Waals surface area contributed by atoms with Gasteiger partial charge in [0.1, 0.15) is 5.82 Å². The van der Waals surface area contributed by atoms with Crippen LogP contribution in [0.3, 0.4) is 0 Å². The Hall–Kier alpha value is -0.740. The number of nitrogens with zero attached hydrogens (tertiary/aromatic N) is 1. The second-order valence-electron chi connectivity index (χ2n) is 4.48. The fraction of sp³-hybridized carbons (Fsp3) is 0.571. The Morgan fingerprint density at radius 1 is 1.44 bits per heavy atom. The molecule has 0 aliphatic heterocycles. The minimum Gasteiger partial charge on any atom is -0.389 e. The van der Waals surface area contributed by atoms with Crippen molar-refractivity contribution in [1.29, 1.82) is 0 Å². The van der Waals surface area contributed by atoms with E-state index >= 15 is 0 Å². The van der Waals surface area contributed by atoms with Crippen molar-refractivity contribution in [1.82, 2.24) is 0 Å². The fourth-order valence-electron chi connectivity index (χ4n) is 2.12. The maximum Gasteiger partial charge on any atom is 0.146 e. The molecule has 2 unspecified atom stereocenters. The summed E-state index contributed by atoms with van der Waals surface area (Å²) in [4.78, 5) is 1.95. The Kier molecular flexibility index (Phi) is 5.96. The first kappa shape index (κ1) is 15.3. The van der Waals surface area contributed by atoms with Gasteiger partial charge in [-0.25, -0.2) is 4.39 Å². The Bertz CT molecular complexity index is 384. The molecule has 2 atom stereocenters. The molecule has 18 heavy (non-hydrogen) atoms. The zero-order valence-electron chi connectivity index (χ0n) is 11.5. The van der Waals surface area contributed by atoms with Crippen molar-refractivity contribution < 1.29 is 9.50 Å². The van der Waals surface area contributed by atoms with Crippen molar-refractivity contribution in [3.63, 3.8) is 0 Å². The van der Waals surface area contributed by atoms with Crippen LogP contribution in [-0.4, -0.2) is 30.2 Å². The molecule has 0 amide bonds. The van der Waals surface area contributed by atoms with Crippen molar-refractivity contribution in [2.24, 2.45) is 0 Å². The van der Waals surface area contributed by atoms with Gasteiger partial charge >= 0.3 is 0 Å². The molecule has 0 radical (unpaired) electrons. The van der Waals surface area contributed by atoms with Crippen molar-refractivity contribution in [3.8, 4) is 0 Å². The molecule has 1 N–H and O–H groups in total. The van der Waals surface area contributed by atoms with E-state index in [2.05, 4.69) is 6.92 Å². The van der Waals surface area contributed by atoms with Gasteiger partial charge in [0.05, 0.1) is 11.8 Å². The highest BCUT2D eigenvalue weighted by atomic mass is 32.2. The van der Waals surface area contributed by atoms with Gasteiger partial charge in [0.25, 0.3) is 0 Å². The van der Waals surface area contributed by atoms with Gasteiger partial charge < -0.3 is 10.0 Å². The standard InChI is InChI=1S/C14H22FNOS/c1-5-11(9-18-4)16(3)14-12(10(2)17)7-6-8-13(14)15/h6-8,10-11,17H,5,9H2,1-4H3. The number of aliphatic hydroxyl groups excluding tert-OH is 1. The molecular formula is C14H22FNOS. The van der Waals surface area contributed by atoms with Crippen LogP contribution in [0.15, 0.2) is 18.2 Å². The summed E-state index contributed by atoms with van der Waals surface area (Å²) in [5.74, 6) is 0.677. The van der Waals surface area contributed by atoms with E-state index in [9.17, 15) is 9.50 Å². The topological polar surface area (TPSA) is 23.5 Å². The van der Waals surface area contributed by atoms with Crippen molar-refractivity contribution >= 4 is 17.4 Å². The summed E-state index contributed by atoms with van der Waals surface area (Å²) in [5.41, 5.74) is 1.17. The van der Waals surface area contributed by atoms with Crippen LogP contribution in [0.25, 0.3) is 0 Å². The third kappa shape index (κ3) is 3.39. The van der Waals surface area contributed by atoms with Crippen LogP contribution in [0.4, 0.5) is 10.1 Å². The van der Waals surface area contributed by atoms with E-state index in [-0.39, 0.29) is 11.9 Å². The zero-order valence-corrected chi connectivity index (χ0v) is 12.3. The van der Waals surface area contributed by atoms with E-state index in [0.29, 0.717) is 11.3 Å². The lowest BCUT2D eigenvalue weighted by molar-refractivity contribution is 0.199. The average Bonchev–Trinajstić information content (AvgIpc) is 2.34. The minimum absolute atomic E-state index is 0.268. The van der Waals surface area contributed by atoms with E-state index in [1.165, 1.54) is 6.07 Å². The normalized spacial score (nSPS) is 14.3. The van der Waals surface area contributed by atoms with Gasteiger partial charge in [-0.1, -0.05) is 19.1 Å². The summed E-state index contributed by atoms with van der Waals surface area (Å²) in [6.07, 6.45) is 2.34. The molecule has 1 rings (SSSR count). The highest BCUT2D eigenvalue weighted by molar-refractivity contribution is 7.98. The Labute approximate surface area is 113 Å². The summed E-state index contributed by atoms with van der Waals surface area (Å²) >= 11 is 1.75. The predicted octanol–water partition coefficient (Wildman–Crippen LogP) is 3.46. The maximum absolute atomic E-state index is 14.0. The number of hydrogen-bond acceptors (Lipinski definition) is 3. The van der Waals surface area contributed by atoms with E-state index in [4.69, 9.17) is 0 Å². The van der Waals surface area contributed by atoms with Gasteiger partial charge in [-0.3, -0.25) is 0 Å². The van der Waals surface area contributed by atoms with E-state index in [0.717, 1.165) is 12.2 Å². The first-order valence-electron chi connectivity index (χ1n) is 6.21. The largest absolute Gasteiger partial charge is 0.389 e. The molecular weight excluding hydrogens is 249 g/mol. The fourth-order valence-corrected chi connectivity index (χ4v) is 2.96. The molecule has 2 nitrogen and oxygen atoms in total. The Morgan fingerprint density at radius 2 is 2.11 bits per heavy atom.